The van der Waals surface area contributed by atoms with Gasteiger partial charge in [-0.2, -0.15) is 4.99 Å². The van der Waals surface area contributed by atoms with Crippen molar-refractivity contribution in [1.82, 2.24) is 0 Å². The van der Waals surface area contributed by atoms with Gasteiger partial charge in [0.1, 0.15) is 0 Å². The summed E-state index contributed by atoms with van der Waals surface area (Å²) in [5.74, 6) is -1.78. The van der Waals surface area contributed by atoms with Crippen molar-refractivity contribution >= 4 is 44.3 Å². The predicted molar refractivity (Wildman–Crippen MR) is 98.9 cm³/mol. The minimum absolute atomic E-state index is 0.0177. The molecule has 1 aromatic carbocycles. The maximum atomic E-state index is 12.0. The van der Waals surface area contributed by atoms with E-state index in [1.165, 1.54) is 11.8 Å². The molecule has 2 fully saturated rings. The molecule has 140 valence electrons. The van der Waals surface area contributed by atoms with Gasteiger partial charge in [-0.25, -0.2) is 8.42 Å². The Kier molecular flexibility index (Phi) is 5.12. The third-order valence-corrected chi connectivity index (χ3v) is 7.81. The van der Waals surface area contributed by atoms with Crippen LogP contribution < -0.4 is 10.0 Å². The number of anilines is 1. The first kappa shape index (κ1) is 18.9. The van der Waals surface area contributed by atoms with Crippen LogP contribution in [0.3, 0.4) is 0 Å². The van der Waals surface area contributed by atoms with Crippen molar-refractivity contribution in [3.8, 4) is 0 Å². The summed E-state index contributed by atoms with van der Waals surface area (Å²) in [5, 5.41) is 10.8. The number of amidine groups is 1. The Morgan fingerprint density at radius 3 is 2.62 bits per heavy atom. The number of aryl methyl sites for hydroxylation is 2. The lowest BCUT2D eigenvalue weighted by molar-refractivity contribution is -0.305. The highest BCUT2D eigenvalue weighted by Gasteiger charge is 2.49. The molecule has 0 saturated carbocycles. The maximum absolute atomic E-state index is 12.0. The van der Waals surface area contributed by atoms with Crippen LogP contribution in [0.1, 0.15) is 24.0 Å². The smallest absolute Gasteiger partial charge is 0.248 e. The molecule has 2 saturated heterocycles. The standard InChI is InChI=1S/C17H20N2O5S2/c1-10-3-4-12(7-11(10)2)19-13-8-26(23,24)9-14(13)25-17(19)18-15(20)5-6-16(21)22/h3-4,7,13-14H,5-6,8-9H2,1-2H3,(H,21,22)/p-1/t13-,14-/m0/s1. The van der Waals surface area contributed by atoms with E-state index in [4.69, 9.17) is 0 Å². The van der Waals surface area contributed by atoms with Crippen LogP contribution in [-0.4, -0.2) is 48.3 Å². The first-order valence-electron chi connectivity index (χ1n) is 8.21. The second kappa shape index (κ2) is 7.03. The first-order chi connectivity index (χ1) is 12.2. The minimum atomic E-state index is -3.13. The number of amides is 1. The van der Waals surface area contributed by atoms with E-state index in [-0.39, 0.29) is 35.6 Å². The number of hydrogen-bond acceptors (Lipinski definition) is 6. The molecule has 3 rings (SSSR count). The van der Waals surface area contributed by atoms with Gasteiger partial charge in [0.25, 0.3) is 0 Å². The fraction of sp³-hybridized carbons (Fsp3) is 0.471. The molecule has 0 radical (unpaired) electrons. The molecule has 0 aliphatic carbocycles. The zero-order chi connectivity index (χ0) is 19.1. The quantitative estimate of drug-likeness (QED) is 0.728. The topological polar surface area (TPSA) is 107 Å². The van der Waals surface area contributed by atoms with Gasteiger partial charge < -0.3 is 14.8 Å². The summed E-state index contributed by atoms with van der Waals surface area (Å²) in [6.45, 7) is 3.95. The van der Waals surface area contributed by atoms with E-state index < -0.39 is 21.7 Å². The predicted octanol–water partition coefficient (Wildman–Crippen LogP) is 0.435. The van der Waals surface area contributed by atoms with Gasteiger partial charge in [0.2, 0.25) is 5.91 Å². The van der Waals surface area contributed by atoms with Gasteiger partial charge in [0.15, 0.2) is 15.0 Å². The molecular formula is C17H19N2O5S2-. The number of carboxylic acid groups (broad SMARTS) is 1. The number of aliphatic carboxylic acids is 1. The van der Waals surface area contributed by atoms with Crippen LogP contribution in [-0.2, 0) is 19.4 Å². The van der Waals surface area contributed by atoms with Crippen LogP contribution in [0.15, 0.2) is 23.2 Å². The number of thioether (sulfide) groups is 1. The highest BCUT2D eigenvalue weighted by Crippen LogP contribution is 2.41. The van der Waals surface area contributed by atoms with Crippen LogP contribution >= 0.6 is 11.8 Å². The van der Waals surface area contributed by atoms with Gasteiger partial charge in [-0.05, 0) is 43.5 Å². The summed E-state index contributed by atoms with van der Waals surface area (Å²) < 4.78 is 24.1. The van der Waals surface area contributed by atoms with Crippen molar-refractivity contribution in [3.63, 3.8) is 0 Å². The molecule has 1 amide bonds. The molecule has 26 heavy (non-hydrogen) atoms. The van der Waals surface area contributed by atoms with Gasteiger partial charge in [-0.15, -0.1) is 0 Å². The lowest BCUT2D eigenvalue weighted by Gasteiger charge is -2.25. The number of benzene rings is 1. The van der Waals surface area contributed by atoms with Crippen molar-refractivity contribution in [2.45, 2.75) is 38.0 Å². The Hall–Kier alpha value is -1.87. The molecule has 1 aromatic rings. The molecule has 2 aliphatic rings. The van der Waals surface area contributed by atoms with E-state index in [2.05, 4.69) is 4.99 Å². The summed E-state index contributed by atoms with van der Waals surface area (Å²) in [6.07, 6.45) is -0.619. The number of fused-ring (bicyclic) bond motifs is 1. The number of nitrogens with zero attached hydrogens (tertiary/aromatic N) is 2. The van der Waals surface area contributed by atoms with Crippen LogP contribution in [0.2, 0.25) is 0 Å². The molecule has 0 bridgehead atoms. The fourth-order valence-corrected chi connectivity index (χ4v) is 7.04. The van der Waals surface area contributed by atoms with Crippen molar-refractivity contribution in [1.29, 1.82) is 0 Å². The van der Waals surface area contributed by atoms with Crippen LogP contribution in [0.5, 0.6) is 0 Å². The summed E-state index contributed by atoms with van der Waals surface area (Å²) in [4.78, 5) is 28.4. The second-order valence-electron chi connectivity index (χ2n) is 6.60. The minimum Gasteiger partial charge on any atom is -0.550 e. The number of rotatable bonds is 4. The van der Waals surface area contributed by atoms with Crippen molar-refractivity contribution < 1.29 is 23.1 Å². The largest absolute Gasteiger partial charge is 0.550 e. The van der Waals surface area contributed by atoms with E-state index >= 15 is 0 Å². The fourth-order valence-electron chi connectivity index (χ4n) is 3.11. The van der Waals surface area contributed by atoms with Gasteiger partial charge in [0, 0.05) is 23.3 Å². The molecule has 2 aliphatic heterocycles. The summed E-state index contributed by atoms with van der Waals surface area (Å²) in [7, 11) is -3.13. The number of aliphatic imine (C=N–C) groups is 1. The Balaban J connectivity index is 1.94. The highest BCUT2D eigenvalue weighted by molar-refractivity contribution is 8.16. The SMILES string of the molecule is Cc1ccc(N2C(=NC(=O)CCC(=O)[O-])S[C@H]3CS(=O)(=O)C[C@@H]32)cc1C. The Bertz CT molecular complexity index is 894. The lowest BCUT2D eigenvalue weighted by Crippen LogP contribution is -2.37. The number of carbonyl (C=O) groups excluding carboxylic acids is 2. The first-order valence-corrected chi connectivity index (χ1v) is 10.9. The third kappa shape index (κ3) is 3.93. The molecule has 2 heterocycles. The molecule has 2 atom stereocenters. The van der Waals surface area contributed by atoms with Crippen molar-refractivity contribution in [2.75, 3.05) is 16.4 Å². The molecule has 0 aromatic heterocycles. The zero-order valence-corrected chi connectivity index (χ0v) is 16.1. The molecular weight excluding hydrogens is 376 g/mol. The van der Waals surface area contributed by atoms with E-state index in [1.54, 1.807) is 0 Å². The van der Waals surface area contributed by atoms with Gasteiger partial charge >= 0.3 is 0 Å². The number of carboxylic acids is 1. The van der Waals surface area contributed by atoms with E-state index in [0.717, 1.165) is 16.8 Å². The lowest BCUT2D eigenvalue weighted by atomic mass is 10.1. The summed E-state index contributed by atoms with van der Waals surface area (Å²) in [5.41, 5.74) is 2.95. The van der Waals surface area contributed by atoms with Gasteiger partial charge in [-0.1, -0.05) is 17.8 Å². The van der Waals surface area contributed by atoms with Crippen LogP contribution in [0, 0.1) is 13.8 Å². The average molecular weight is 395 g/mol. The Labute approximate surface area is 156 Å². The highest BCUT2D eigenvalue weighted by atomic mass is 32.2. The molecule has 0 spiro atoms. The molecule has 0 unspecified atom stereocenters. The normalized spacial score (nSPS) is 25.5. The van der Waals surface area contributed by atoms with Crippen LogP contribution in [0.4, 0.5) is 5.69 Å². The average Bonchev–Trinajstić information content (AvgIpc) is 2.99. The second-order valence-corrected chi connectivity index (χ2v) is 9.96. The van der Waals surface area contributed by atoms with E-state index in [1.807, 2.05) is 36.9 Å². The third-order valence-electron chi connectivity index (χ3n) is 4.60. The summed E-state index contributed by atoms with van der Waals surface area (Å²) >= 11 is 1.27. The Morgan fingerprint density at radius 2 is 1.96 bits per heavy atom. The summed E-state index contributed by atoms with van der Waals surface area (Å²) in [6, 6.07) is 5.50. The molecule has 9 heteroatoms. The van der Waals surface area contributed by atoms with Crippen LogP contribution in [0.25, 0.3) is 0 Å². The Morgan fingerprint density at radius 1 is 1.23 bits per heavy atom. The van der Waals surface area contributed by atoms with E-state index in [0.29, 0.717) is 5.17 Å². The van der Waals surface area contributed by atoms with Crippen molar-refractivity contribution in [3.05, 3.63) is 29.3 Å². The number of carbonyl (C=O) groups is 2. The molecule has 0 N–H and O–H groups in total. The maximum Gasteiger partial charge on any atom is 0.248 e. The number of hydrogen-bond donors (Lipinski definition) is 0. The van der Waals surface area contributed by atoms with Gasteiger partial charge in [-0.3, -0.25) is 4.79 Å². The van der Waals surface area contributed by atoms with Crippen molar-refractivity contribution in [2.24, 2.45) is 4.99 Å². The zero-order valence-electron chi connectivity index (χ0n) is 14.5. The van der Waals surface area contributed by atoms with Gasteiger partial charge in [0.05, 0.1) is 17.5 Å². The number of sulfone groups is 1. The monoisotopic (exact) mass is 395 g/mol. The molecule has 7 nitrogen and oxygen atoms in total. The van der Waals surface area contributed by atoms with E-state index in [9.17, 15) is 23.1 Å².